The van der Waals surface area contributed by atoms with Crippen molar-refractivity contribution < 1.29 is 9.53 Å². The lowest BCUT2D eigenvalue weighted by Crippen LogP contribution is -2.44. The summed E-state index contributed by atoms with van der Waals surface area (Å²) in [6.07, 6.45) is -0.491. The van der Waals surface area contributed by atoms with E-state index in [1.54, 1.807) is 0 Å². The van der Waals surface area contributed by atoms with Gasteiger partial charge in [-0.2, -0.15) is 0 Å². The van der Waals surface area contributed by atoms with Crippen LogP contribution in [0.1, 0.15) is 20.8 Å². The van der Waals surface area contributed by atoms with Crippen LogP contribution in [-0.2, 0) is 4.74 Å². The lowest BCUT2D eigenvalue weighted by atomic mass is 10.2. The summed E-state index contributed by atoms with van der Waals surface area (Å²) in [6.45, 7) is 9.47. The number of ether oxygens (including phenoxy) is 1. The summed E-state index contributed by atoms with van der Waals surface area (Å²) in [7, 11) is 2.12. The number of nitrogens with zero attached hydrogens (tertiary/aromatic N) is 2. The van der Waals surface area contributed by atoms with Gasteiger partial charge in [-0.3, -0.25) is 5.32 Å². The molecule has 1 heterocycles. The summed E-state index contributed by atoms with van der Waals surface area (Å²) in [5.74, 6) is 0. The van der Waals surface area contributed by atoms with Gasteiger partial charge in [-0.25, -0.2) is 4.79 Å². The molecule has 1 amide bonds. The first-order valence-electron chi connectivity index (χ1n) is 7.57. The van der Waals surface area contributed by atoms with Gasteiger partial charge in [-0.05, 0) is 46.0 Å². The van der Waals surface area contributed by atoms with E-state index >= 15 is 0 Å². The molecule has 0 aromatic heterocycles. The largest absolute Gasteiger partial charge is 0.444 e. The number of benzene rings is 1. The molecule has 1 aromatic rings. The number of nitrogens with one attached hydrogen (secondary N) is 1. The Morgan fingerprint density at radius 3 is 2.45 bits per heavy atom. The van der Waals surface area contributed by atoms with E-state index in [4.69, 9.17) is 10.5 Å². The second-order valence-corrected chi connectivity index (χ2v) is 6.69. The molecular weight excluding hydrogens is 280 g/mol. The highest BCUT2D eigenvalue weighted by molar-refractivity contribution is 5.90. The van der Waals surface area contributed by atoms with Crippen LogP contribution in [0, 0.1) is 0 Å². The van der Waals surface area contributed by atoms with Gasteiger partial charge in [0.1, 0.15) is 5.60 Å². The number of amides is 1. The zero-order valence-electron chi connectivity index (χ0n) is 13.8. The van der Waals surface area contributed by atoms with E-state index in [0.717, 1.165) is 31.9 Å². The number of nitrogens with two attached hydrogens (primary N) is 1. The minimum Gasteiger partial charge on any atom is -0.444 e. The van der Waals surface area contributed by atoms with Crippen LogP contribution in [0.4, 0.5) is 21.9 Å². The smallest absolute Gasteiger partial charge is 0.412 e. The van der Waals surface area contributed by atoms with Gasteiger partial charge in [0.15, 0.2) is 0 Å². The quantitative estimate of drug-likeness (QED) is 0.821. The minimum atomic E-state index is -0.534. The van der Waals surface area contributed by atoms with Gasteiger partial charge in [-0.1, -0.05) is 0 Å². The summed E-state index contributed by atoms with van der Waals surface area (Å²) >= 11 is 0. The van der Waals surface area contributed by atoms with Crippen molar-refractivity contribution in [2.45, 2.75) is 26.4 Å². The van der Waals surface area contributed by atoms with E-state index in [1.807, 2.05) is 39.0 Å². The Kier molecular flexibility index (Phi) is 4.81. The Labute approximate surface area is 132 Å². The predicted octanol–water partition coefficient (Wildman–Crippen LogP) is 2.37. The number of hydrogen-bond donors (Lipinski definition) is 2. The Balaban J connectivity index is 2.08. The van der Waals surface area contributed by atoms with Gasteiger partial charge in [-0.15, -0.1) is 0 Å². The molecule has 6 heteroatoms. The highest BCUT2D eigenvalue weighted by atomic mass is 16.6. The van der Waals surface area contributed by atoms with Crippen molar-refractivity contribution in [2.24, 2.45) is 0 Å². The molecule has 1 aliphatic heterocycles. The Morgan fingerprint density at radius 1 is 1.23 bits per heavy atom. The zero-order valence-corrected chi connectivity index (χ0v) is 13.8. The second kappa shape index (κ2) is 6.44. The topological polar surface area (TPSA) is 70.8 Å². The molecule has 1 saturated heterocycles. The van der Waals surface area contributed by atoms with Gasteiger partial charge in [0, 0.05) is 31.9 Å². The molecule has 0 bridgehead atoms. The molecular formula is C16H26N4O2. The van der Waals surface area contributed by atoms with Gasteiger partial charge in [0.25, 0.3) is 0 Å². The molecule has 1 aromatic carbocycles. The van der Waals surface area contributed by atoms with E-state index < -0.39 is 11.7 Å². The average Bonchev–Trinajstić information content (AvgIpc) is 2.40. The third kappa shape index (κ3) is 4.53. The summed E-state index contributed by atoms with van der Waals surface area (Å²) in [6, 6.07) is 5.71. The standard InChI is InChI=1S/C16H26N4O2/c1-16(2,3)22-15(21)18-14-11-12(5-6-13(14)17)20-9-7-19(4)8-10-20/h5-6,11H,7-10,17H2,1-4H3,(H,18,21). The minimum absolute atomic E-state index is 0.491. The van der Waals surface area contributed by atoms with Crippen LogP contribution in [0.25, 0.3) is 0 Å². The third-order valence-corrected chi connectivity index (χ3v) is 3.54. The Bertz CT molecular complexity index is 531. The van der Waals surface area contributed by atoms with Gasteiger partial charge < -0.3 is 20.3 Å². The molecule has 0 aliphatic carbocycles. The van der Waals surface area contributed by atoms with Crippen molar-refractivity contribution in [3.8, 4) is 0 Å². The fourth-order valence-corrected chi connectivity index (χ4v) is 2.33. The molecule has 0 atom stereocenters. The number of likely N-dealkylation sites (N-methyl/N-ethyl adjacent to an activating group) is 1. The molecule has 3 N–H and O–H groups in total. The molecule has 0 unspecified atom stereocenters. The van der Waals surface area contributed by atoms with Crippen LogP contribution in [0.3, 0.4) is 0 Å². The van der Waals surface area contributed by atoms with E-state index in [2.05, 4.69) is 22.2 Å². The monoisotopic (exact) mass is 306 g/mol. The van der Waals surface area contributed by atoms with E-state index in [0.29, 0.717) is 11.4 Å². The maximum Gasteiger partial charge on any atom is 0.412 e. The summed E-state index contributed by atoms with van der Waals surface area (Å²) < 4.78 is 5.27. The van der Waals surface area contributed by atoms with Crippen molar-refractivity contribution in [1.82, 2.24) is 4.90 Å². The second-order valence-electron chi connectivity index (χ2n) is 6.69. The van der Waals surface area contributed by atoms with Gasteiger partial charge in [0.2, 0.25) is 0 Å². The number of carbonyl (C=O) groups excluding carboxylic acids is 1. The highest BCUT2D eigenvalue weighted by Gasteiger charge is 2.18. The molecule has 1 aliphatic rings. The fraction of sp³-hybridized carbons (Fsp3) is 0.562. The van der Waals surface area contributed by atoms with Crippen molar-refractivity contribution >= 4 is 23.2 Å². The Hall–Kier alpha value is -1.95. The first-order chi connectivity index (χ1) is 10.2. The molecule has 1 fully saturated rings. The SMILES string of the molecule is CN1CCN(c2ccc(N)c(NC(=O)OC(C)(C)C)c2)CC1. The van der Waals surface area contributed by atoms with E-state index in [-0.39, 0.29) is 0 Å². The number of nitrogen functional groups attached to an aromatic ring is 1. The maximum atomic E-state index is 11.9. The van der Waals surface area contributed by atoms with Crippen LogP contribution in [0.5, 0.6) is 0 Å². The van der Waals surface area contributed by atoms with Crippen LogP contribution >= 0.6 is 0 Å². The van der Waals surface area contributed by atoms with E-state index in [1.165, 1.54) is 0 Å². The molecule has 22 heavy (non-hydrogen) atoms. The number of rotatable bonds is 2. The predicted molar refractivity (Wildman–Crippen MR) is 90.4 cm³/mol. The van der Waals surface area contributed by atoms with Crippen LogP contribution < -0.4 is 16.0 Å². The van der Waals surface area contributed by atoms with E-state index in [9.17, 15) is 4.79 Å². The lowest BCUT2D eigenvalue weighted by Gasteiger charge is -2.34. The van der Waals surface area contributed by atoms with Crippen LogP contribution in [0.2, 0.25) is 0 Å². The van der Waals surface area contributed by atoms with Gasteiger partial charge in [0.05, 0.1) is 11.4 Å². The van der Waals surface area contributed by atoms with Gasteiger partial charge >= 0.3 is 6.09 Å². The normalized spacial score (nSPS) is 16.5. The molecule has 2 rings (SSSR count). The number of hydrogen-bond acceptors (Lipinski definition) is 5. The van der Waals surface area contributed by atoms with Crippen LogP contribution in [0.15, 0.2) is 18.2 Å². The molecule has 122 valence electrons. The average molecular weight is 306 g/mol. The highest BCUT2D eigenvalue weighted by Crippen LogP contribution is 2.27. The molecule has 0 spiro atoms. The Morgan fingerprint density at radius 2 is 1.86 bits per heavy atom. The van der Waals surface area contributed by atoms with Crippen molar-refractivity contribution in [3.63, 3.8) is 0 Å². The van der Waals surface area contributed by atoms with Crippen molar-refractivity contribution in [2.75, 3.05) is 49.2 Å². The molecule has 6 nitrogen and oxygen atoms in total. The number of anilines is 3. The van der Waals surface area contributed by atoms with Crippen molar-refractivity contribution in [1.29, 1.82) is 0 Å². The third-order valence-electron chi connectivity index (χ3n) is 3.54. The van der Waals surface area contributed by atoms with Crippen molar-refractivity contribution in [3.05, 3.63) is 18.2 Å². The summed E-state index contributed by atoms with van der Waals surface area (Å²) in [4.78, 5) is 16.5. The first kappa shape index (κ1) is 16.4. The summed E-state index contributed by atoms with van der Waals surface area (Å²) in [5, 5.41) is 2.73. The maximum absolute atomic E-state index is 11.9. The number of piperazine rings is 1. The molecule has 0 radical (unpaired) electrons. The summed E-state index contributed by atoms with van der Waals surface area (Å²) in [5.41, 5.74) is 7.61. The fourth-order valence-electron chi connectivity index (χ4n) is 2.33. The lowest BCUT2D eigenvalue weighted by molar-refractivity contribution is 0.0636. The van der Waals surface area contributed by atoms with Crippen LogP contribution in [-0.4, -0.2) is 49.8 Å². The molecule has 0 saturated carbocycles. The first-order valence-corrected chi connectivity index (χ1v) is 7.57. The number of carbonyl (C=O) groups is 1. The zero-order chi connectivity index (χ0) is 16.3.